The number of thioether (sulfide) groups is 1. The summed E-state index contributed by atoms with van der Waals surface area (Å²) in [5.41, 5.74) is 2.06. The van der Waals surface area contributed by atoms with Gasteiger partial charge in [0.1, 0.15) is 11.6 Å². The monoisotopic (exact) mass is 443 g/mol. The predicted octanol–water partition coefficient (Wildman–Crippen LogP) is 0.353. The van der Waals surface area contributed by atoms with Gasteiger partial charge in [0.25, 0.3) is 0 Å². The third-order valence-corrected chi connectivity index (χ3v) is 4.50. The smallest absolute Gasteiger partial charge is 1.00 e. The molecule has 0 aliphatic rings. The van der Waals surface area contributed by atoms with Gasteiger partial charge in [0.05, 0.1) is 28.2 Å². The van der Waals surface area contributed by atoms with Crippen molar-refractivity contribution >= 4 is 50.3 Å². The second kappa shape index (κ2) is 7.14. The Morgan fingerprint density at radius 2 is 2.20 bits per heavy atom. The number of aromatic amines is 1. The molecule has 4 aromatic rings. The molecule has 3 aromatic heterocycles. The van der Waals surface area contributed by atoms with Crippen molar-refractivity contribution in [3.63, 3.8) is 0 Å². The molecule has 0 amide bonds. The Morgan fingerprint density at radius 3 is 3.00 bits per heavy atom. The fourth-order valence-corrected chi connectivity index (χ4v) is 3.02. The molecular formula is C14H12BrClFN7S. The molecule has 2 N–H and O–H groups in total. The summed E-state index contributed by atoms with van der Waals surface area (Å²) in [5, 5.41) is 8.09. The molecule has 7 nitrogen and oxygen atoms in total. The molecule has 0 saturated carbocycles. The molecule has 0 aliphatic carbocycles. The van der Waals surface area contributed by atoms with E-state index in [4.69, 9.17) is 0 Å². The number of rotatable bonds is 4. The minimum atomic E-state index is -0.297. The zero-order valence-electron chi connectivity index (χ0n) is 13.8. The summed E-state index contributed by atoms with van der Waals surface area (Å²) < 4.78 is 15.7. The first kappa shape index (κ1) is 17.9. The van der Waals surface area contributed by atoms with E-state index in [0.717, 1.165) is 4.47 Å². The van der Waals surface area contributed by atoms with Gasteiger partial charge < -0.3 is 22.7 Å². The van der Waals surface area contributed by atoms with Crippen molar-refractivity contribution in [2.45, 2.75) is 11.7 Å². The van der Waals surface area contributed by atoms with Gasteiger partial charge in [-0.25, -0.2) is 14.4 Å². The van der Waals surface area contributed by atoms with E-state index >= 15 is 0 Å². The molecule has 130 valence electrons. The van der Waals surface area contributed by atoms with Gasteiger partial charge in [-0.2, -0.15) is 14.6 Å². The zero-order valence-corrected chi connectivity index (χ0v) is 16.0. The van der Waals surface area contributed by atoms with E-state index in [0.29, 0.717) is 40.2 Å². The highest BCUT2D eigenvalue weighted by Crippen LogP contribution is 2.21. The number of fused-ring (bicyclic) bond motifs is 2. The number of hydrogen-bond donors (Lipinski definition) is 2. The number of anilines is 1. The number of aromatic nitrogens is 6. The van der Waals surface area contributed by atoms with E-state index in [9.17, 15) is 4.39 Å². The lowest BCUT2D eigenvalue weighted by molar-refractivity contribution is -0.00000571. The summed E-state index contributed by atoms with van der Waals surface area (Å²) in [5.74, 6) is 0.940. The molecule has 0 spiro atoms. The van der Waals surface area contributed by atoms with Gasteiger partial charge in [0, 0.05) is 0 Å². The summed E-state index contributed by atoms with van der Waals surface area (Å²) in [4.78, 5) is 16.4. The average molecular weight is 445 g/mol. The second-order valence-corrected chi connectivity index (χ2v) is 6.59. The highest BCUT2D eigenvalue weighted by Gasteiger charge is 2.12. The molecule has 0 radical (unpaired) electrons. The molecule has 3 heterocycles. The predicted molar refractivity (Wildman–Crippen MR) is 94.8 cm³/mol. The number of hydrogen-bond acceptors (Lipinski definition) is 6. The Morgan fingerprint density at radius 1 is 1.36 bits per heavy atom. The molecule has 0 atom stereocenters. The SMILES string of the molecule is CSc1nc(NCc2nc3ccc(F)cc3[nH]2)n2ncc(Br)c2n1.[Cl-].[H+]. The van der Waals surface area contributed by atoms with Gasteiger partial charge in [-0.1, -0.05) is 11.8 Å². The van der Waals surface area contributed by atoms with E-state index in [1.807, 2.05) is 6.26 Å². The molecule has 11 heteroatoms. The van der Waals surface area contributed by atoms with Gasteiger partial charge in [-0.05, 0) is 40.4 Å². The quantitative estimate of drug-likeness (QED) is 0.442. The van der Waals surface area contributed by atoms with Crippen LogP contribution >= 0.6 is 27.7 Å². The van der Waals surface area contributed by atoms with Gasteiger partial charge in [0.15, 0.2) is 10.8 Å². The van der Waals surface area contributed by atoms with Crippen LogP contribution < -0.4 is 17.7 Å². The third kappa shape index (κ3) is 3.42. The summed E-state index contributed by atoms with van der Waals surface area (Å²) in [6, 6.07) is 4.45. The minimum absolute atomic E-state index is 0. The number of H-pyrrole nitrogens is 1. The summed E-state index contributed by atoms with van der Waals surface area (Å²) in [6.07, 6.45) is 3.58. The largest absolute Gasteiger partial charge is 1.00 e. The first-order valence-corrected chi connectivity index (χ1v) is 8.99. The van der Waals surface area contributed by atoms with Gasteiger partial charge in [0.2, 0.25) is 5.95 Å². The number of halogens is 3. The first-order valence-electron chi connectivity index (χ1n) is 6.97. The van der Waals surface area contributed by atoms with Crippen LogP contribution in [-0.2, 0) is 6.54 Å². The first-order chi connectivity index (χ1) is 11.6. The molecule has 0 fully saturated rings. The third-order valence-electron chi connectivity index (χ3n) is 3.39. The van der Waals surface area contributed by atoms with Crippen molar-refractivity contribution in [2.24, 2.45) is 0 Å². The minimum Gasteiger partial charge on any atom is -1.00 e. The zero-order chi connectivity index (χ0) is 16.7. The van der Waals surface area contributed by atoms with E-state index < -0.39 is 0 Å². The molecule has 1 aromatic carbocycles. The van der Waals surface area contributed by atoms with Gasteiger partial charge in [-0.3, -0.25) is 0 Å². The molecule has 0 aliphatic heterocycles. The number of benzene rings is 1. The van der Waals surface area contributed by atoms with E-state index in [1.165, 1.54) is 23.9 Å². The van der Waals surface area contributed by atoms with Gasteiger partial charge in [-0.15, -0.1) is 0 Å². The average Bonchev–Trinajstić information content (AvgIpc) is 3.15. The summed E-state index contributed by atoms with van der Waals surface area (Å²) in [7, 11) is 0. The van der Waals surface area contributed by atoms with Gasteiger partial charge >= 0.3 is 1.43 Å². The van der Waals surface area contributed by atoms with Crippen LogP contribution in [0.3, 0.4) is 0 Å². The molecule has 0 bridgehead atoms. The lowest BCUT2D eigenvalue weighted by atomic mass is 10.3. The van der Waals surface area contributed by atoms with Crippen LogP contribution in [0.5, 0.6) is 0 Å². The second-order valence-electron chi connectivity index (χ2n) is 4.96. The van der Waals surface area contributed by atoms with Crippen LogP contribution in [-0.4, -0.2) is 35.8 Å². The van der Waals surface area contributed by atoms with Crippen LogP contribution in [0.15, 0.2) is 34.0 Å². The van der Waals surface area contributed by atoms with Crippen molar-refractivity contribution in [1.29, 1.82) is 0 Å². The van der Waals surface area contributed by atoms with Crippen LogP contribution in [0, 0.1) is 5.82 Å². The van der Waals surface area contributed by atoms with Crippen molar-refractivity contribution < 1.29 is 18.2 Å². The van der Waals surface area contributed by atoms with Crippen LogP contribution in [0.2, 0.25) is 0 Å². The fraction of sp³-hybridized carbons (Fsp3) is 0.143. The highest BCUT2D eigenvalue weighted by atomic mass is 79.9. The van der Waals surface area contributed by atoms with E-state index in [2.05, 4.69) is 46.3 Å². The summed E-state index contributed by atoms with van der Waals surface area (Å²) >= 11 is 4.87. The standard InChI is InChI=1S/C14H11BrFN7S.ClH/c1-24-14-21-12-8(15)5-18-23(12)13(22-14)17-6-11-19-9-3-2-7(16)4-10(9)20-11;/h2-5H,6H2,1H3,(H,19,20)(H,17,21,22);1H. The lowest BCUT2D eigenvalue weighted by Gasteiger charge is -2.07. The van der Waals surface area contributed by atoms with Crippen molar-refractivity contribution in [3.8, 4) is 0 Å². The number of nitrogens with one attached hydrogen (secondary N) is 2. The molecule has 4 rings (SSSR count). The van der Waals surface area contributed by atoms with Crippen LogP contribution in [0.4, 0.5) is 10.3 Å². The molecule has 0 saturated heterocycles. The lowest BCUT2D eigenvalue weighted by Crippen LogP contribution is -3.00. The summed E-state index contributed by atoms with van der Waals surface area (Å²) in [6.45, 7) is 0.397. The van der Waals surface area contributed by atoms with Crippen molar-refractivity contribution in [1.82, 2.24) is 29.5 Å². The normalized spacial score (nSPS) is 11.0. The Kier molecular flexibility index (Phi) is 5.11. The topological polar surface area (TPSA) is 83.8 Å². The maximum absolute atomic E-state index is 13.3. The Labute approximate surface area is 161 Å². The maximum atomic E-state index is 13.3. The Hall–Kier alpha value is -1.91. The van der Waals surface area contributed by atoms with E-state index in [-0.39, 0.29) is 19.7 Å². The van der Waals surface area contributed by atoms with E-state index in [1.54, 1.807) is 16.8 Å². The van der Waals surface area contributed by atoms with Crippen LogP contribution in [0.25, 0.3) is 16.7 Å². The van der Waals surface area contributed by atoms with Crippen LogP contribution in [0.1, 0.15) is 7.25 Å². The molecule has 25 heavy (non-hydrogen) atoms. The van der Waals surface area contributed by atoms with Crippen molar-refractivity contribution in [2.75, 3.05) is 11.6 Å². The Balaban J connectivity index is 0.00000121. The molecular weight excluding hydrogens is 433 g/mol. The van der Waals surface area contributed by atoms with Crippen molar-refractivity contribution in [3.05, 3.63) is 40.5 Å². The number of nitrogens with zero attached hydrogens (tertiary/aromatic N) is 5. The fourth-order valence-electron chi connectivity index (χ4n) is 2.32. The maximum Gasteiger partial charge on any atom is 1.00 e. The molecule has 0 unspecified atom stereocenters. The highest BCUT2D eigenvalue weighted by molar-refractivity contribution is 9.10. The Bertz CT molecular complexity index is 1060. The number of imidazole rings is 1.